The number of aliphatic hydroxyl groups is 1. The van der Waals surface area contributed by atoms with E-state index in [2.05, 4.69) is 71.8 Å². The number of nitrogens with zero attached hydrogens (tertiary/aromatic N) is 1. The highest BCUT2D eigenvalue weighted by molar-refractivity contribution is 7.94. The first-order valence-corrected chi connectivity index (χ1v) is 18.0. The van der Waals surface area contributed by atoms with E-state index in [0.717, 1.165) is 0 Å². The van der Waals surface area contributed by atoms with E-state index in [1.807, 2.05) is 5.38 Å². The van der Waals surface area contributed by atoms with Gasteiger partial charge >= 0.3 is 0 Å². The summed E-state index contributed by atoms with van der Waals surface area (Å²) in [5.74, 6) is 0. The van der Waals surface area contributed by atoms with E-state index in [1.54, 1.807) is 13.0 Å². The molecule has 1 aromatic heterocycles. The average Bonchev–Trinajstić information content (AvgIpc) is 2.93. The summed E-state index contributed by atoms with van der Waals surface area (Å²) in [5, 5.41) is 19.0. The zero-order chi connectivity index (χ0) is 22.4. The molecular weight excluding hydrogens is 425 g/mol. The molecule has 0 aliphatic heterocycles. The summed E-state index contributed by atoms with van der Waals surface area (Å²) in [6.07, 6.45) is 0. The molecule has 0 bridgehead atoms. The summed E-state index contributed by atoms with van der Waals surface area (Å²) in [5.41, 5.74) is -0.494. The summed E-state index contributed by atoms with van der Waals surface area (Å²) in [7, 11) is -7.15. The average molecular weight is 465 g/mol. The van der Waals surface area contributed by atoms with Crippen LogP contribution < -0.4 is 5.14 Å². The van der Waals surface area contributed by atoms with Gasteiger partial charge in [0.2, 0.25) is 0 Å². The van der Waals surface area contributed by atoms with Crippen LogP contribution in [0.3, 0.4) is 0 Å². The molecule has 9 heteroatoms. The van der Waals surface area contributed by atoms with Gasteiger partial charge in [-0.1, -0.05) is 41.5 Å². The van der Waals surface area contributed by atoms with E-state index in [9.17, 15) is 9.32 Å². The molecule has 0 spiro atoms. The Bertz CT molecular complexity index is 810. The second kappa shape index (κ2) is 7.90. The molecule has 164 valence electrons. The normalized spacial score (nSPS) is 18.5. The highest BCUT2D eigenvalue weighted by Crippen LogP contribution is 2.40. The predicted octanol–water partition coefficient (Wildman–Crippen LogP) is 5.68. The lowest BCUT2D eigenvalue weighted by molar-refractivity contribution is 0.00286. The van der Waals surface area contributed by atoms with Crippen LogP contribution in [0.25, 0.3) is 0 Å². The Kier molecular flexibility index (Phi) is 7.34. The monoisotopic (exact) mass is 464 g/mol. The Morgan fingerprint density at radius 3 is 2.04 bits per heavy atom. The van der Waals surface area contributed by atoms with Crippen molar-refractivity contribution >= 4 is 37.8 Å². The lowest BCUT2D eigenvalue weighted by Crippen LogP contribution is -2.44. The Balaban J connectivity index is 3.16. The maximum absolute atomic E-state index is 13.2. The van der Waals surface area contributed by atoms with Gasteiger partial charge in [0.15, 0.2) is 16.6 Å². The van der Waals surface area contributed by atoms with Crippen LogP contribution in [0.4, 0.5) is 0 Å². The smallest absolute Gasteiger partial charge is 0.195 e. The molecule has 1 aromatic rings. The van der Waals surface area contributed by atoms with Gasteiger partial charge in [0.25, 0.3) is 0 Å². The molecule has 0 saturated carbocycles. The molecule has 0 radical (unpaired) electrons. The third-order valence-electron chi connectivity index (χ3n) is 6.21. The minimum atomic E-state index is -3.00. The van der Waals surface area contributed by atoms with Gasteiger partial charge in [-0.15, -0.1) is 11.3 Å². The maximum Gasteiger partial charge on any atom is 0.195 e. The SMILES string of the molecule is CC(C)(C)[Si](C)(C)N=S(N)(=O)c1cc([C@](C)(O)CO[Si](C)(C)C(C)(C)C)cs1. The molecule has 0 saturated heterocycles. The lowest BCUT2D eigenvalue weighted by atomic mass is 10.0. The van der Waals surface area contributed by atoms with Gasteiger partial charge in [-0.3, -0.25) is 4.03 Å². The number of hydrogen-bond acceptors (Lipinski definition) is 5. The van der Waals surface area contributed by atoms with Crippen LogP contribution in [0, 0.1) is 0 Å². The largest absolute Gasteiger partial charge is 0.414 e. The van der Waals surface area contributed by atoms with E-state index in [1.165, 1.54) is 11.3 Å². The van der Waals surface area contributed by atoms with Crippen LogP contribution >= 0.6 is 11.3 Å². The van der Waals surface area contributed by atoms with Gasteiger partial charge in [-0.2, -0.15) is 0 Å². The van der Waals surface area contributed by atoms with E-state index >= 15 is 0 Å². The molecule has 28 heavy (non-hydrogen) atoms. The van der Waals surface area contributed by atoms with Crippen LogP contribution in [0.1, 0.15) is 54.0 Å². The third kappa shape index (κ3) is 5.99. The van der Waals surface area contributed by atoms with Crippen LogP contribution in [0.2, 0.25) is 36.3 Å². The van der Waals surface area contributed by atoms with Crippen molar-refractivity contribution in [2.75, 3.05) is 6.61 Å². The van der Waals surface area contributed by atoms with Crippen LogP contribution in [0.5, 0.6) is 0 Å². The zero-order valence-electron chi connectivity index (χ0n) is 19.5. The number of hydrogen-bond donors (Lipinski definition) is 2. The summed E-state index contributed by atoms with van der Waals surface area (Å²) in [4.78, 5) is 0. The highest BCUT2D eigenvalue weighted by atomic mass is 32.2. The van der Waals surface area contributed by atoms with Crippen molar-refractivity contribution in [2.24, 2.45) is 9.17 Å². The third-order valence-corrected chi connectivity index (χ3v) is 19.7. The quantitative estimate of drug-likeness (QED) is 0.531. The molecule has 5 nitrogen and oxygen atoms in total. The van der Waals surface area contributed by atoms with E-state index in [0.29, 0.717) is 9.77 Å². The topological polar surface area (TPSA) is 84.9 Å². The zero-order valence-corrected chi connectivity index (χ0v) is 23.1. The molecule has 0 aromatic carbocycles. The van der Waals surface area contributed by atoms with Crippen molar-refractivity contribution in [1.29, 1.82) is 0 Å². The summed E-state index contributed by atoms with van der Waals surface area (Å²) in [6, 6.07) is 1.73. The minimum absolute atomic E-state index is 0.0440. The van der Waals surface area contributed by atoms with E-state index in [-0.39, 0.29) is 16.7 Å². The van der Waals surface area contributed by atoms with Gasteiger partial charge in [0, 0.05) is 0 Å². The Hall–Kier alpha value is -0.0362. The first-order chi connectivity index (χ1) is 12.1. The molecule has 1 unspecified atom stereocenters. The molecular formula is C19H40N2O3S2Si2. The number of thiophene rings is 1. The second-order valence-corrected chi connectivity index (χ2v) is 23.9. The molecule has 0 amide bonds. The molecule has 1 heterocycles. The van der Waals surface area contributed by atoms with Crippen molar-refractivity contribution in [1.82, 2.24) is 0 Å². The van der Waals surface area contributed by atoms with E-state index in [4.69, 9.17) is 9.56 Å². The van der Waals surface area contributed by atoms with Crippen LogP contribution in [-0.4, -0.2) is 32.5 Å². The molecule has 0 aliphatic rings. The Morgan fingerprint density at radius 2 is 1.61 bits per heavy atom. The fraction of sp³-hybridized carbons (Fsp3) is 0.789. The fourth-order valence-corrected chi connectivity index (χ4v) is 9.22. The molecule has 0 fully saturated rings. The van der Waals surface area contributed by atoms with Gasteiger partial charge in [0.05, 0.1) is 6.61 Å². The first kappa shape index (κ1) is 26.0. The maximum atomic E-state index is 13.2. The van der Waals surface area contributed by atoms with Gasteiger partial charge in [-0.25, -0.2) is 9.35 Å². The standard InChI is InChI=1S/C19H40N2O3S2Si2/c1-17(2,3)27(8,9)21-26(20,23)16-12-15(13-25-16)19(7,22)14-24-28(10,11)18(4,5)6/h12-13,22H,14H2,1-11H3,(H2,20,21,23)/t19-,26?/m1/s1. The minimum Gasteiger partial charge on any atom is -0.414 e. The lowest BCUT2D eigenvalue weighted by Gasteiger charge is -2.38. The van der Waals surface area contributed by atoms with Crippen molar-refractivity contribution in [3.63, 3.8) is 0 Å². The van der Waals surface area contributed by atoms with Crippen molar-refractivity contribution < 1.29 is 13.7 Å². The predicted molar refractivity (Wildman–Crippen MR) is 127 cm³/mol. The molecule has 2 atom stereocenters. The van der Waals surface area contributed by atoms with Crippen molar-refractivity contribution in [2.45, 2.75) is 94.5 Å². The highest BCUT2D eigenvalue weighted by Gasteiger charge is 2.40. The molecule has 3 N–H and O–H groups in total. The molecule has 1 rings (SSSR count). The van der Waals surface area contributed by atoms with Crippen molar-refractivity contribution in [3.05, 3.63) is 17.0 Å². The number of rotatable bonds is 6. The second-order valence-electron chi connectivity index (χ2n) is 10.9. The van der Waals surface area contributed by atoms with Crippen LogP contribution in [0.15, 0.2) is 19.7 Å². The van der Waals surface area contributed by atoms with Gasteiger partial charge in [0.1, 0.15) is 19.7 Å². The Labute approximate surface area is 178 Å². The summed E-state index contributed by atoms with van der Waals surface area (Å²) in [6.45, 7) is 23.3. The van der Waals surface area contributed by atoms with Gasteiger partial charge < -0.3 is 9.53 Å². The number of nitrogens with two attached hydrogens (primary N) is 1. The van der Waals surface area contributed by atoms with Crippen molar-refractivity contribution in [3.8, 4) is 0 Å². The summed E-state index contributed by atoms with van der Waals surface area (Å²) < 4.78 is 24.6. The van der Waals surface area contributed by atoms with Gasteiger partial charge in [-0.05, 0) is 60.2 Å². The van der Waals surface area contributed by atoms with E-state index < -0.39 is 32.1 Å². The first-order valence-electron chi connectivity index (χ1n) is 9.64. The Morgan fingerprint density at radius 1 is 1.11 bits per heavy atom. The fourth-order valence-electron chi connectivity index (χ4n) is 1.89. The van der Waals surface area contributed by atoms with Crippen LogP contribution in [-0.2, 0) is 19.9 Å². The molecule has 0 aliphatic carbocycles. The summed E-state index contributed by atoms with van der Waals surface area (Å²) >= 11 is 1.30.